The number of likely N-dealkylation sites (N-methyl/N-ethyl adjacent to an activating group) is 1. The van der Waals surface area contributed by atoms with Crippen LogP contribution in [0.15, 0.2) is 18.2 Å². The molecule has 1 aromatic carbocycles. The van der Waals surface area contributed by atoms with Crippen LogP contribution >= 0.6 is 11.6 Å². The number of amides is 1. The fourth-order valence-corrected chi connectivity index (χ4v) is 6.16. The quantitative estimate of drug-likeness (QED) is 0.332. The predicted octanol–water partition coefficient (Wildman–Crippen LogP) is 5.89. The Morgan fingerprint density at radius 3 is 2.75 bits per heavy atom. The van der Waals surface area contributed by atoms with Crippen molar-refractivity contribution in [1.82, 2.24) is 10.2 Å². The van der Waals surface area contributed by atoms with Gasteiger partial charge in [-0.25, -0.2) is 9.18 Å². The molecule has 2 aliphatic rings. The van der Waals surface area contributed by atoms with Crippen molar-refractivity contribution in [3.8, 4) is 0 Å². The van der Waals surface area contributed by atoms with E-state index in [0.29, 0.717) is 51.4 Å². The zero-order valence-electron chi connectivity index (χ0n) is 21.9. The van der Waals surface area contributed by atoms with Gasteiger partial charge in [0.2, 0.25) is 0 Å². The normalized spacial score (nSPS) is 21.7. The van der Waals surface area contributed by atoms with Crippen LogP contribution in [0.5, 0.6) is 0 Å². The van der Waals surface area contributed by atoms with Gasteiger partial charge in [-0.3, -0.25) is 0 Å². The molecular formula is C28H44ClFN2O4. The first-order valence-corrected chi connectivity index (χ1v) is 14.0. The number of carbonyl (C=O) groups is 1. The lowest BCUT2D eigenvalue weighted by Gasteiger charge is -2.43. The molecule has 204 valence electrons. The Kier molecular flexibility index (Phi) is 11.7. The van der Waals surface area contributed by atoms with Crippen molar-refractivity contribution in [3.05, 3.63) is 34.6 Å². The number of hydrogen-bond acceptors (Lipinski definition) is 5. The molecule has 1 saturated heterocycles. The Morgan fingerprint density at radius 2 is 2.03 bits per heavy atom. The van der Waals surface area contributed by atoms with E-state index < -0.39 is 11.4 Å². The van der Waals surface area contributed by atoms with E-state index in [1.54, 1.807) is 24.1 Å². The highest BCUT2D eigenvalue weighted by Crippen LogP contribution is 2.42. The van der Waals surface area contributed by atoms with Crippen LogP contribution in [-0.2, 0) is 15.1 Å². The summed E-state index contributed by atoms with van der Waals surface area (Å²) in [6, 6.07) is 4.77. The van der Waals surface area contributed by atoms with Crippen LogP contribution < -0.4 is 5.32 Å². The Labute approximate surface area is 220 Å². The van der Waals surface area contributed by atoms with E-state index in [1.807, 2.05) is 7.05 Å². The van der Waals surface area contributed by atoms with E-state index >= 15 is 4.39 Å². The van der Waals surface area contributed by atoms with Gasteiger partial charge in [-0.05, 0) is 57.6 Å². The largest absolute Gasteiger partial charge is 0.445 e. The van der Waals surface area contributed by atoms with Gasteiger partial charge >= 0.3 is 6.09 Å². The summed E-state index contributed by atoms with van der Waals surface area (Å²) in [5.41, 5.74) is -1.23. The molecule has 36 heavy (non-hydrogen) atoms. The highest BCUT2D eigenvalue weighted by atomic mass is 35.5. The molecule has 1 aliphatic carbocycles. The Hall–Kier alpha value is -1.41. The van der Waals surface area contributed by atoms with E-state index in [1.165, 1.54) is 38.2 Å². The van der Waals surface area contributed by atoms with E-state index in [0.717, 1.165) is 19.3 Å². The minimum Gasteiger partial charge on any atom is -0.445 e. The van der Waals surface area contributed by atoms with E-state index in [4.69, 9.17) is 21.1 Å². The summed E-state index contributed by atoms with van der Waals surface area (Å²) in [7, 11) is 3.52. The summed E-state index contributed by atoms with van der Waals surface area (Å²) in [5.74, 6) is -0.313. The summed E-state index contributed by atoms with van der Waals surface area (Å²) in [5, 5.41) is 15.1. The number of halogens is 2. The third-order valence-corrected chi connectivity index (χ3v) is 8.24. The molecule has 0 aromatic heterocycles. The minimum atomic E-state index is -1.44. The number of hydrogen-bond donors (Lipinski definition) is 2. The van der Waals surface area contributed by atoms with Gasteiger partial charge in [0.15, 0.2) is 0 Å². The number of nitrogens with zero attached hydrogens (tertiary/aromatic N) is 1. The first-order valence-electron chi connectivity index (χ1n) is 13.6. The summed E-state index contributed by atoms with van der Waals surface area (Å²) in [6.45, 7) is 2.09. The fourth-order valence-electron chi connectivity index (χ4n) is 5.98. The van der Waals surface area contributed by atoms with Crippen molar-refractivity contribution in [2.75, 3.05) is 40.4 Å². The molecule has 2 fully saturated rings. The first kappa shape index (κ1) is 29.2. The lowest BCUT2D eigenvalue weighted by Crippen LogP contribution is -2.49. The highest BCUT2D eigenvalue weighted by molar-refractivity contribution is 6.30. The van der Waals surface area contributed by atoms with Gasteiger partial charge in [-0.15, -0.1) is 0 Å². The van der Waals surface area contributed by atoms with Gasteiger partial charge in [0, 0.05) is 44.8 Å². The number of ether oxygens (including phenoxy) is 2. The molecule has 0 radical (unpaired) electrons. The average Bonchev–Trinajstić information content (AvgIpc) is 2.89. The van der Waals surface area contributed by atoms with Crippen LogP contribution in [0.3, 0.4) is 0 Å². The number of rotatable bonds is 12. The monoisotopic (exact) mass is 526 g/mol. The highest BCUT2D eigenvalue weighted by Gasteiger charge is 2.43. The Morgan fingerprint density at radius 1 is 1.25 bits per heavy atom. The van der Waals surface area contributed by atoms with Gasteiger partial charge in [-0.1, -0.05) is 55.8 Å². The second-order valence-electron chi connectivity index (χ2n) is 10.6. The molecule has 3 rings (SSSR count). The number of carbonyl (C=O) groups excluding carboxylic acids is 1. The number of aliphatic hydroxyl groups is 1. The lowest BCUT2D eigenvalue weighted by atomic mass is 9.74. The molecule has 6 nitrogen and oxygen atoms in total. The Bertz CT molecular complexity index is 823. The van der Waals surface area contributed by atoms with Crippen molar-refractivity contribution in [2.45, 2.75) is 82.3 Å². The summed E-state index contributed by atoms with van der Waals surface area (Å²) in [4.78, 5) is 14.9. The van der Waals surface area contributed by atoms with Crippen molar-refractivity contribution in [3.63, 3.8) is 0 Å². The summed E-state index contributed by atoms with van der Waals surface area (Å²) in [6.07, 6.45) is 9.76. The van der Waals surface area contributed by atoms with Crippen LogP contribution in [0.25, 0.3) is 0 Å². The maximum absolute atomic E-state index is 15.1. The molecule has 2 N–H and O–H groups in total. The molecule has 1 heterocycles. The van der Waals surface area contributed by atoms with Gasteiger partial charge < -0.3 is 24.8 Å². The van der Waals surface area contributed by atoms with Crippen LogP contribution in [-0.4, -0.2) is 62.6 Å². The zero-order chi connectivity index (χ0) is 26.0. The van der Waals surface area contributed by atoms with Gasteiger partial charge in [0.25, 0.3) is 0 Å². The minimum absolute atomic E-state index is 0.00693. The third kappa shape index (κ3) is 7.80. The maximum Gasteiger partial charge on any atom is 0.410 e. The van der Waals surface area contributed by atoms with E-state index in [-0.39, 0.29) is 28.7 Å². The molecule has 0 spiro atoms. The standard InChI is InChI=1S/C28H44ClFN2O4/c1-31-19-23(18-21-10-4-3-5-11-21)36-27(33)32-16-9-12-22(20-32)28(34,15-6-7-17-35-2)24-13-8-14-25(29)26(24)30/h8,13-14,21-23,31,34H,3-7,9-12,15-20H2,1-2H3/t22?,23-,28+/m1/s1. The number of nitrogens with one attached hydrogen (secondary N) is 1. The van der Waals surface area contributed by atoms with Crippen molar-refractivity contribution in [1.29, 1.82) is 0 Å². The SMILES string of the molecule is CNC[C@@H](CC1CCCCC1)OC(=O)N1CCCC([C@@](O)(CCCCOC)c2cccc(Cl)c2F)C1. The predicted molar refractivity (Wildman–Crippen MR) is 141 cm³/mol. The molecular weight excluding hydrogens is 483 g/mol. The molecule has 1 amide bonds. The number of unbranched alkanes of at least 4 members (excludes halogenated alkanes) is 1. The van der Waals surface area contributed by atoms with Gasteiger partial charge in [0.1, 0.15) is 11.9 Å². The van der Waals surface area contributed by atoms with Crippen molar-refractivity contribution in [2.24, 2.45) is 11.8 Å². The maximum atomic E-state index is 15.1. The molecule has 3 atom stereocenters. The summed E-state index contributed by atoms with van der Waals surface area (Å²) < 4.78 is 26.3. The molecule has 1 aromatic rings. The second kappa shape index (κ2) is 14.5. The third-order valence-electron chi connectivity index (χ3n) is 7.95. The number of likely N-dealkylation sites (tertiary alicyclic amines) is 1. The second-order valence-corrected chi connectivity index (χ2v) is 11.0. The Balaban J connectivity index is 1.72. The number of methoxy groups -OCH3 is 1. The average molecular weight is 527 g/mol. The molecule has 8 heteroatoms. The molecule has 1 saturated carbocycles. The van der Waals surface area contributed by atoms with Crippen molar-refractivity contribution < 1.29 is 23.8 Å². The van der Waals surface area contributed by atoms with Crippen LogP contribution in [0.2, 0.25) is 5.02 Å². The lowest BCUT2D eigenvalue weighted by molar-refractivity contribution is -0.0643. The van der Waals surface area contributed by atoms with Gasteiger partial charge in [0.05, 0.1) is 10.6 Å². The topological polar surface area (TPSA) is 71.0 Å². The van der Waals surface area contributed by atoms with E-state index in [2.05, 4.69) is 5.32 Å². The van der Waals surface area contributed by atoms with Gasteiger partial charge in [-0.2, -0.15) is 0 Å². The van der Waals surface area contributed by atoms with Crippen LogP contribution in [0.1, 0.15) is 76.2 Å². The summed E-state index contributed by atoms with van der Waals surface area (Å²) >= 11 is 6.09. The zero-order valence-corrected chi connectivity index (χ0v) is 22.7. The van der Waals surface area contributed by atoms with E-state index in [9.17, 15) is 9.90 Å². The molecule has 1 aliphatic heterocycles. The van der Waals surface area contributed by atoms with Crippen LogP contribution in [0, 0.1) is 17.7 Å². The van der Waals surface area contributed by atoms with Crippen molar-refractivity contribution >= 4 is 17.7 Å². The fraction of sp³-hybridized carbons (Fsp3) is 0.750. The molecule has 0 bridgehead atoms. The number of benzene rings is 1. The first-order chi connectivity index (χ1) is 17.4. The molecule has 1 unspecified atom stereocenters. The number of piperidine rings is 1. The smallest absolute Gasteiger partial charge is 0.410 e. The van der Waals surface area contributed by atoms with Crippen LogP contribution in [0.4, 0.5) is 9.18 Å².